The minimum Gasteiger partial charge on any atom is -0.497 e. The standard InChI is InChI=1S/C19H17ClN2O2/c1-11-16(20)9-8-15-17(10-21)22(19(23)18(11)15)12(2)13-4-6-14(24-3)7-5-13/h4-9,12,17H,1-3H3. The van der Waals surface area contributed by atoms with Gasteiger partial charge >= 0.3 is 0 Å². The number of nitriles is 1. The lowest BCUT2D eigenvalue weighted by Crippen LogP contribution is -2.30. The van der Waals surface area contributed by atoms with Crippen molar-refractivity contribution in [2.45, 2.75) is 25.9 Å². The molecule has 0 aromatic heterocycles. The van der Waals surface area contributed by atoms with Gasteiger partial charge in [0.05, 0.1) is 24.8 Å². The number of nitrogens with zero attached hydrogens (tertiary/aromatic N) is 2. The van der Waals surface area contributed by atoms with Gasteiger partial charge in [0.15, 0.2) is 0 Å². The van der Waals surface area contributed by atoms with Gasteiger partial charge in [0, 0.05) is 10.6 Å². The molecule has 1 amide bonds. The molecule has 3 rings (SSSR count). The lowest BCUT2D eigenvalue weighted by atomic mass is 10.0. The maximum absolute atomic E-state index is 13.0. The largest absolute Gasteiger partial charge is 0.497 e. The van der Waals surface area contributed by atoms with Gasteiger partial charge in [-0.1, -0.05) is 29.8 Å². The summed E-state index contributed by atoms with van der Waals surface area (Å²) in [5.74, 6) is 0.598. The van der Waals surface area contributed by atoms with Crippen molar-refractivity contribution in [2.75, 3.05) is 7.11 Å². The molecule has 122 valence electrons. The van der Waals surface area contributed by atoms with Crippen molar-refractivity contribution in [3.05, 3.63) is 63.7 Å². The highest BCUT2D eigenvalue weighted by Crippen LogP contribution is 2.42. The number of hydrogen-bond acceptors (Lipinski definition) is 3. The maximum atomic E-state index is 13.0. The Hall–Kier alpha value is -2.51. The Labute approximate surface area is 146 Å². The third-order valence-electron chi connectivity index (χ3n) is 4.59. The number of ether oxygens (including phenoxy) is 1. The number of carbonyl (C=O) groups excluding carboxylic acids is 1. The molecule has 2 atom stereocenters. The van der Waals surface area contributed by atoms with Crippen LogP contribution in [0.15, 0.2) is 36.4 Å². The molecule has 1 heterocycles. The molecule has 4 nitrogen and oxygen atoms in total. The molecule has 2 unspecified atom stereocenters. The highest BCUT2D eigenvalue weighted by atomic mass is 35.5. The topological polar surface area (TPSA) is 53.3 Å². The maximum Gasteiger partial charge on any atom is 0.256 e. The van der Waals surface area contributed by atoms with E-state index in [4.69, 9.17) is 16.3 Å². The summed E-state index contributed by atoms with van der Waals surface area (Å²) in [7, 11) is 1.61. The van der Waals surface area contributed by atoms with Crippen molar-refractivity contribution in [3.8, 4) is 11.8 Å². The fraction of sp³-hybridized carbons (Fsp3) is 0.263. The smallest absolute Gasteiger partial charge is 0.256 e. The van der Waals surface area contributed by atoms with Crippen molar-refractivity contribution >= 4 is 17.5 Å². The molecule has 0 fully saturated rings. The Morgan fingerprint density at radius 1 is 1.25 bits per heavy atom. The zero-order valence-electron chi connectivity index (χ0n) is 13.7. The molecule has 24 heavy (non-hydrogen) atoms. The van der Waals surface area contributed by atoms with Crippen LogP contribution in [0.3, 0.4) is 0 Å². The van der Waals surface area contributed by atoms with Gasteiger partial charge in [-0.05, 0) is 43.2 Å². The lowest BCUT2D eigenvalue weighted by Gasteiger charge is -2.28. The highest BCUT2D eigenvalue weighted by molar-refractivity contribution is 6.32. The van der Waals surface area contributed by atoms with E-state index in [1.54, 1.807) is 24.1 Å². The van der Waals surface area contributed by atoms with Crippen LogP contribution in [0.4, 0.5) is 0 Å². The van der Waals surface area contributed by atoms with Gasteiger partial charge in [-0.2, -0.15) is 5.26 Å². The molecule has 0 saturated heterocycles. The number of methoxy groups -OCH3 is 1. The first kappa shape index (κ1) is 16.4. The molecular formula is C19H17ClN2O2. The predicted molar refractivity (Wildman–Crippen MR) is 92.1 cm³/mol. The van der Waals surface area contributed by atoms with Crippen LogP contribution in [-0.4, -0.2) is 17.9 Å². The average molecular weight is 341 g/mol. The summed E-state index contributed by atoms with van der Waals surface area (Å²) < 4.78 is 5.17. The zero-order valence-corrected chi connectivity index (χ0v) is 14.5. The molecular weight excluding hydrogens is 324 g/mol. The van der Waals surface area contributed by atoms with Crippen LogP contribution in [0.5, 0.6) is 5.75 Å². The molecule has 0 saturated carbocycles. The molecule has 0 spiro atoms. The first-order chi connectivity index (χ1) is 11.5. The Morgan fingerprint density at radius 2 is 1.92 bits per heavy atom. The molecule has 0 radical (unpaired) electrons. The number of halogens is 1. The van der Waals surface area contributed by atoms with E-state index in [1.807, 2.05) is 38.1 Å². The van der Waals surface area contributed by atoms with Gasteiger partial charge in [0.25, 0.3) is 5.91 Å². The summed E-state index contributed by atoms with van der Waals surface area (Å²) >= 11 is 6.16. The van der Waals surface area contributed by atoms with Crippen molar-refractivity contribution in [1.29, 1.82) is 5.26 Å². The van der Waals surface area contributed by atoms with Gasteiger partial charge < -0.3 is 9.64 Å². The molecule has 0 bridgehead atoms. The van der Waals surface area contributed by atoms with E-state index in [2.05, 4.69) is 6.07 Å². The van der Waals surface area contributed by atoms with Crippen LogP contribution in [0, 0.1) is 18.3 Å². The van der Waals surface area contributed by atoms with Crippen LogP contribution in [0.25, 0.3) is 0 Å². The molecule has 5 heteroatoms. The summed E-state index contributed by atoms with van der Waals surface area (Å²) in [6, 6.07) is 12.5. The van der Waals surface area contributed by atoms with Crippen LogP contribution in [-0.2, 0) is 0 Å². The van der Waals surface area contributed by atoms with Crippen LogP contribution in [0.2, 0.25) is 5.02 Å². The van der Waals surface area contributed by atoms with Gasteiger partial charge in [-0.3, -0.25) is 4.79 Å². The van der Waals surface area contributed by atoms with E-state index < -0.39 is 6.04 Å². The first-order valence-electron chi connectivity index (χ1n) is 7.64. The predicted octanol–water partition coefficient (Wildman–Crippen LogP) is 4.44. The number of benzene rings is 2. The molecule has 0 N–H and O–H groups in total. The van der Waals surface area contributed by atoms with Crippen LogP contribution < -0.4 is 4.74 Å². The number of amides is 1. The first-order valence-corrected chi connectivity index (χ1v) is 8.02. The summed E-state index contributed by atoms with van der Waals surface area (Å²) in [4.78, 5) is 14.6. The summed E-state index contributed by atoms with van der Waals surface area (Å²) in [5.41, 5.74) is 2.95. The second-order valence-electron chi connectivity index (χ2n) is 5.83. The number of fused-ring (bicyclic) bond motifs is 1. The molecule has 2 aromatic rings. The van der Waals surface area contributed by atoms with Gasteiger partial charge in [0.1, 0.15) is 11.8 Å². The Morgan fingerprint density at radius 3 is 2.50 bits per heavy atom. The lowest BCUT2D eigenvalue weighted by molar-refractivity contribution is 0.0687. The van der Waals surface area contributed by atoms with Gasteiger partial charge in [-0.15, -0.1) is 0 Å². The van der Waals surface area contributed by atoms with E-state index in [-0.39, 0.29) is 11.9 Å². The van der Waals surface area contributed by atoms with Crippen LogP contribution in [0.1, 0.15) is 46.1 Å². The summed E-state index contributed by atoms with van der Waals surface area (Å²) in [5, 5.41) is 10.2. The fourth-order valence-corrected chi connectivity index (χ4v) is 3.35. The number of rotatable bonds is 3. The Kier molecular flexibility index (Phi) is 4.21. The third kappa shape index (κ3) is 2.42. The molecule has 1 aliphatic heterocycles. The van der Waals surface area contributed by atoms with Crippen molar-refractivity contribution in [1.82, 2.24) is 4.90 Å². The molecule has 2 aromatic carbocycles. The van der Waals surface area contributed by atoms with E-state index in [9.17, 15) is 10.1 Å². The average Bonchev–Trinajstić information content (AvgIpc) is 2.90. The molecule has 0 aliphatic carbocycles. The second-order valence-corrected chi connectivity index (χ2v) is 6.24. The second kappa shape index (κ2) is 6.18. The van der Waals surface area contributed by atoms with Crippen LogP contribution >= 0.6 is 11.6 Å². The summed E-state index contributed by atoms with van der Waals surface area (Å²) in [6.45, 7) is 3.74. The van der Waals surface area contributed by atoms with Gasteiger partial charge in [-0.25, -0.2) is 0 Å². The summed E-state index contributed by atoms with van der Waals surface area (Å²) in [6.07, 6.45) is 0. The normalized spacial score (nSPS) is 17.4. The minimum atomic E-state index is -0.611. The quantitative estimate of drug-likeness (QED) is 0.830. The van der Waals surface area contributed by atoms with Crippen molar-refractivity contribution in [3.63, 3.8) is 0 Å². The van der Waals surface area contributed by atoms with Crippen molar-refractivity contribution in [2.24, 2.45) is 0 Å². The Bertz CT molecular complexity index is 840. The van der Waals surface area contributed by atoms with E-state index in [0.29, 0.717) is 10.6 Å². The monoisotopic (exact) mass is 340 g/mol. The number of hydrogen-bond donors (Lipinski definition) is 0. The third-order valence-corrected chi connectivity index (χ3v) is 5.00. The number of carbonyl (C=O) groups is 1. The zero-order chi connectivity index (χ0) is 17.4. The minimum absolute atomic E-state index is 0.153. The fourth-order valence-electron chi connectivity index (χ4n) is 3.19. The SMILES string of the molecule is COc1ccc(C(C)N2C(=O)c3c(ccc(Cl)c3C)C2C#N)cc1. The van der Waals surface area contributed by atoms with E-state index in [0.717, 1.165) is 22.4 Å². The van der Waals surface area contributed by atoms with Gasteiger partial charge in [0.2, 0.25) is 0 Å². The highest BCUT2D eigenvalue weighted by Gasteiger charge is 2.41. The van der Waals surface area contributed by atoms with E-state index in [1.165, 1.54) is 0 Å². The van der Waals surface area contributed by atoms with Crippen molar-refractivity contribution < 1.29 is 9.53 Å². The molecule has 1 aliphatic rings. The van der Waals surface area contributed by atoms with E-state index >= 15 is 0 Å². The Balaban J connectivity index is 2.03.